The van der Waals surface area contributed by atoms with Crippen LogP contribution in [-0.4, -0.2) is 142 Å². The summed E-state index contributed by atoms with van der Waals surface area (Å²) in [6.45, 7) is 2.49. The van der Waals surface area contributed by atoms with E-state index in [-0.39, 0.29) is 19.4 Å². The van der Waals surface area contributed by atoms with E-state index in [1.165, 1.54) is 70.6 Å². The van der Waals surface area contributed by atoms with E-state index in [4.69, 9.17) is 28.4 Å². The van der Waals surface area contributed by atoms with Gasteiger partial charge in [0.1, 0.15) is 55.4 Å². The second-order valence-electron chi connectivity index (χ2n) is 17.3. The molecule has 0 bridgehead atoms. The summed E-state index contributed by atoms with van der Waals surface area (Å²) < 4.78 is 33.5. The van der Waals surface area contributed by atoms with E-state index >= 15 is 0 Å². The van der Waals surface area contributed by atoms with Crippen LogP contribution in [0.25, 0.3) is 0 Å². The average molecular weight is 927 g/mol. The molecule has 65 heavy (non-hydrogen) atoms. The van der Waals surface area contributed by atoms with E-state index in [1.54, 1.807) is 0 Å². The Balaban J connectivity index is 1.85. The van der Waals surface area contributed by atoms with Gasteiger partial charge in [-0.3, -0.25) is 9.59 Å². The van der Waals surface area contributed by atoms with Crippen molar-refractivity contribution in [3.8, 4) is 0 Å². The van der Waals surface area contributed by atoms with Crippen molar-refractivity contribution in [1.82, 2.24) is 0 Å². The van der Waals surface area contributed by atoms with Crippen molar-refractivity contribution in [2.45, 2.75) is 229 Å². The van der Waals surface area contributed by atoms with Crippen LogP contribution in [0.3, 0.4) is 0 Å². The van der Waals surface area contributed by atoms with Gasteiger partial charge in [-0.05, 0) is 51.4 Å². The molecule has 0 aromatic rings. The van der Waals surface area contributed by atoms with E-state index in [1.807, 2.05) is 6.08 Å². The number of aliphatic hydroxyl groups is 7. The van der Waals surface area contributed by atoms with Gasteiger partial charge in [0.05, 0.1) is 19.8 Å². The summed E-state index contributed by atoms with van der Waals surface area (Å²) in [6.07, 6.45) is 22.9. The van der Waals surface area contributed by atoms with E-state index < -0.39 is 99.3 Å². The van der Waals surface area contributed by atoms with Gasteiger partial charge in [0.15, 0.2) is 18.7 Å². The predicted octanol–water partition coefficient (Wildman–Crippen LogP) is 6.32. The standard InChI is InChI=1S/C50H86O15/c1-3-5-7-9-11-13-15-17-18-19-20-21-23-24-26-28-30-32-41(52)60-35-38(63-42(53)33-31-29-27-25-22-16-14-12-10-8-6-4-2)36-61-49-48(59)46(57)44(55)40(65-49)37-62-50-47(58)45(56)43(54)39(34-51)64-50/h11,13,17-18,20-21,24,26,38-40,43-51,54-59H,3-10,12,14-16,19,22-23,25,27-37H2,1-2H3/b13-11+,18-17+,21-20+,26-24+/t38-,39+,40+,43-,44-,45?,46?,47?,48?,49+,50+/m0/s1. The lowest BCUT2D eigenvalue weighted by molar-refractivity contribution is -0.332. The summed E-state index contributed by atoms with van der Waals surface area (Å²) in [4.78, 5) is 25.7. The molecule has 376 valence electrons. The Labute approximate surface area is 388 Å². The lowest BCUT2D eigenvalue weighted by atomic mass is 9.98. The second-order valence-corrected chi connectivity index (χ2v) is 17.3. The van der Waals surface area contributed by atoms with Gasteiger partial charge in [-0.15, -0.1) is 0 Å². The molecule has 2 aliphatic heterocycles. The molecule has 15 nitrogen and oxygen atoms in total. The van der Waals surface area contributed by atoms with Gasteiger partial charge in [-0.2, -0.15) is 0 Å². The van der Waals surface area contributed by atoms with Crippen LogP contribution in [0.15, 0.2) is 48.6 Å². The number of allylic oxidation sites excluding steroid dienone is 8. The Morgan fingerprint density at radius 1 is 0.492 bits per heavy atom. The summed E-state index contributed by atoms with van der Waals surface area (Å²) >= 11 is 0. The first kappa shape index (κ1) is 58.6. The minimum Gasteiger partial charge on any atom is -0.462 e. The molecule has 7 N–H and O–H groups in total. The normalized spacial score (nSPS) is 26.8. The van der Waals surface area contributed by atoms with E-state index in [9.17, 15) is 45.3 Å². The van der Waals surface area contributed by atoms with Crippen molar-refractivity contribution in [3.63, 3.8) is 0 Å². The smallest absolute Gasteiger partial charge is 0.306 e. The third kappa shape index (κ3) is 26.0. The maximum absolute atomic E-state index is 13.0. The van der Waals surface area contributed by atoms with E-state index in [2.05, 4.69) is 56.4 Å². The van der Waals surface area contributed by atoms with Crippen molar-refractivity contribution in [3.05, 3.63) is 48.6 Å². The number of unbranched alkanes of at least 4 members (excludes halogenated alkanes) is 15. The molecule has 2 aliphatic rings. The third-order valence-electron chi connectivity index (χ3n) is 11.6. The number of carbonyl (C=O) groups is 2. The fourth-order valence-electron chi connectivity index (χ4n) is 7.44. The number of aliphatic hydroxyl groups excluding tert-OH is 7. The van der Waals surface area contributed by atoms with Gasteiger partial charge in [0.25, 0.3) is 0 Å². The molecule has 11 atom stereocenters. The Morgan fingerprint density at radius 2 is 0.938 bits per heavy atom. The highest BCUT2D eigenvalue weighted by molar-refractivity contribution is 5.70. The largest absolute Gasteiger partial charge is 0.462 e. The number of hydrogen-bond acceptors (Lipinski definition) is 15. The molecule has 0 amide bonds. The van der Waals surface area contributed by atoms with Crippen molar-refractivity contribution < 1.29 is 73.8 Å². The predicted molar refractivity (Wildman–Crippen MR) is 247 cm³/mol. The summed E-state index contributed by atoms with van der Waals surface area (Å²) in [7, 11) is 0. The molecule has 2 rings (SSSR count). The van der Waals surface area contributed by atoms with Crippen LogP contribution in [0.4, 0.5) is 0 Å². The fraction of sp³-hybridized carbons (Fsp3) is 0.800. The van der Waals surface area contributed by atoms with Crippen molar-refractivity contribution in [1.29, 1.82) is 0 Å². The van der Waals surface area contributed by atoms with Crippen molar-refractivity contribution in [2.75, 3.05) is 26.4 Å². The van der Waals surface area contributed by atoms with Crippen LogP contribution in [0.1, 0.15) is 162 Å². The lowest BCUT2D eigenvalue weighted by Crippen LogP contribution is -2.61. The molecule has 15 heteroatoms. The van der Waals surface area contributed by atoms with Gasteiger partial charge in [0.2, 0.25) is 0 Å². The molecule has 2 saturated heterocycles. The number of ether oxygens (including phenoxy) is 6. The van der Waals surface area contributed by atoms with Crippen LogP contribution in [0.2, 0.25) is 0 Å². The fourth-order valence-corrected chi connectivity index (χ4v) is 7.44. The number of rotatable bonds is 37. The van der Waals surface area contributed by atoms with Crippen molar-refractivity contribution in [2.24, 2.45) is 0 Å². The molecule has 4 unspecified atom stereocenters. The highest BCUT2D eigenvalue weighted by Gasteiger charge is 2.47. The number of carbonyl (C=O) groups excluding carboxylic acids is 2. The Morgan fingerprint density at radius 3 is 1.49 bits per heavy atom. The molecule has 0 aromatic carbocycles. The molecular formula is C50H86O15. The van der Waals surface area contributed by atoms with E-state index in [0.29, 0.717) is 19.3 Å². The highest BCUT2D eigenvalue weighted by Crippen LogP contribution is 2.26. The zero-order valence-corrected chi connectivity index (χ0v) is 39.5. The molecule has 0 spiro atoms. The molecule has 0 aromatic heterocycles. The minimum atomic E-state index is -1.77. The third-order valence-corrected chi connectivity index (χ3v) is 11.6. The van der Waals surface area contributed by atoms with Crippen molar-refractivity contribution >= 4 is 11.9 Å². The number of esters is 2. The monoisotopic (exact) mass is 927 g/mol. The van der Waals surface area contributed by atoms with Crippen LogP contribution in [0.5, 0.6) is 0 Å². The van der Waals surface area contributed by atoms with Gasteiger partial charge in [0, 0.05) is 12.8 Å². The summed E-state index contributed by atoms with van der Waals surface area (Å²) in [5, 5.41) is 72.0. The summed E-state index contributed by atoms with van der Waals surface area (Å²) in [6, 6.07) is 0. The zero-order chi connectivity index (χ0) is 47.5. The van der Waals surface area contributed by atoms with Gasteiger partial charge < -0.3 is 64.2 Å². The molecule has 0 aliphatic carbocycles. The Hall–Kier alpha value is -2.54. The number of hydrogen-bond donors (Lipinski definition) is 7. The van der Waals surface area contributed by atoms with Gasteiger partial charge in [-0.1, -0.05) is 146 Å². The van der Waals surface area contributed by atoms with Crippen LogP contribution in [0, 0.1) is 0 Å². The van der Waals surface area contributed by atoms with Crippen LogP contribution < -0.4 is 0 Å². The molecular weight excluding hydrogens is 841 g/mol. The van der Waals surface area contributed by atoms with Gasteiger partial charge >= 0.3 is 11.9 Å². The minimum absolute atomic E-state index is 0.142. The maximum atomic E-state index is 13.0. The first-order chi connectivity index (χ1) is 31.5. The van der Waals surface area contributed by atoms with Crippen LogP contribution >= 0.6 is 0 Å². The first-order valence-corrected chi connectivity index (χ1v) is 24.7. The molecule has 2 heterocycles. The topological polar surface area (TPSA) is 231 Å². The summed E-state index contributed by atoms with van der Waals surface area (Å²) in [5.41, 5.74) is 0. The maximum Gasteiger partial charge on any atom is 0.306 e. The molecule has 0 saturated carbocycles. The quantitative estimate of drug-likeness (QED) is 0.0205. The zero-order valence-electron chi connectivity index (χ0n) is 39.5. The summed E-state index contributed by atoms with van der Waals surface area (Å²) in [5.74, 6) is -0.991. The highest BCUT2D eigenvalue weighted by atomic mass is 16.7. The van der Waals surface area contributed by atoms with Crippen LogP contribution in [-0.2, 0) is 38.0 Å². The molecule has 2 fully saturated rings. The first-order valence-electron chi connectivity index (χ1n) is 24.7. The van der Waals surface area contributed by atoms with Gasteiger partial charge in [-0.25, -0.2) is 0 Å². The lowest BCUT2D eigenvalue weighted by Gasteiger charge is -2.42. The SMILES string of the molecule is CCCCC/C=C/C/C=C/C/C=C/C/C=C/CCCC(=O)OC[C@@H](CO[C@@H]1O[C@H](CO[C@@H]2O[C@H](CO)[C@H](O)C(O)C2O)[C@H](O)C(O)C1O)OC(=O)CCCCCCCCCCCCCC. The average Bonchev–Trinajstić information content (AvgIpc) is 3.30. The molecule has 0 radical (unpaired) electrons. The Kier molecular flexibility index (Phi) is 33.7. The Bertz CT molecular complexity index is 1320. The van der Waals surface area contributed by atoms with E-state index in [0.717, 1.165) is 44.9 Å². The second kappa shape index (κ2) is 37.4.